The van der Waals surface area contributed by atoms with Gasteiger partial charge in [-0.1, -0.05) is 37.7 Å². The van der Waals surface area contributed by atoms with Crippen LogP contribution in [0.15, 0.2) is 53.4 Å². The first-order valence-corrected chi connectivity index (χ1v) is 12.2. The van der Waals surface area contributed by atoms with E-state index in [1.165, 1.54) is 33.5 Å². The van der Waals surface area contributed by atoms with Crippen LogP contribution in [0.2, 0.25) is 0 Å². The second kappa shape index (κ2) is 9.63. The number of nitrogens with one attached hydrogen (secondary N) is 1. The van der Waals surface area contributed by atoms with Crippen molar-refractivity contribution in [3.8, 4) is 0 Å². The van der Waals surface area contributed by atoms with Gasteiger partial charge in [-0.25, -0.2) is 8.42 Å². The van der Waals surface area contributed by atoms with Crippen molar-refractivity contribution < 1.29 is 22.8 Å². The molecule has 164 valence electrons. The Hall–Kier alpha value is -2.69. The van der Waals surface area contributed by atoms with E-state index in [2.05, 4.69) is 5.32 Å². The number of amides is 3. The van der Waals surface area contributed by atoms with E-state index in [4.69, 9.17) is 0 Å². The van der Waals surface area contributed by atoms with Crippen LogP contribution in [-0.4, -0.2) is 53.5 Å². The molecule has 3 rings (SSSR count). The molecule has 0 saturated carbocycles. The van der Waals surface area contributed by atoms with E-state index in [1.54, 1.807) is 38.1 Å². The predicted molar refractivity (Wildman–Crippen MR) is 119 cm³/mol. The van der Waals surface area contributed by atoms with Crippen LogP contribution in [0, 0.1) is 0 Å². The molecule has 0 atom stereocenters. The highest BCUT2D eigenvalue weighted by molar-refractivity contribution is 8.14. The molecule has 1 N–H and O–H groups in total. The Morgan fingerprint density at radius 3 is 2.16 bits per heavy atom. The molecule has 8 nitrogen and oxygen atoms in total. The van der Waals surface area contributed by atoms with Crippen LogP contribution >= 0.6 is 11.8 Å². The summed E-state index contributed by atoms with van der Waals surface area (Å²) in [6.07, 6.45) is 0. The molecule has 0 aromatic heterocycles. The van der Waals surface area contributed by atoms with Crippen LogP contribution in [0.25, 0.3) is 0 Å². The van der Waals surface area contributed by atoms with Gasteiger partial charge in [0, 0.05) is 24.3 Å². The summed E-state index contributed by atoms with van der Waals surface area (Å²) in [5, 5.41) is 2.49. The predicted octanol–water partition coefficient (Wildman–Crippen LogP) is 3.16. The molecule has 2 aromatic rings. The summed E-state index contributed by atoms with van der Waals surface area (Å²) >= 11 is 0.988. The summed E-state index contributed by atoms with van der Waals surface area (Å²) < 4.78 is 26.4. The molecule has 1 aliphatic rings. The molecular weight excluding hydrogens is 438 g/mol. The molecule has 3 amide bonds. The number of imide groups is 1. The molecule has 1 aliphatic heterocycles. The standard InChI is InChI=1S/C21H23N3O5S2/c1-3-23(4-2)31(28,29)18-11-7-16(8-12-18)20(26)22-17-9-5-15(6-10-17)13-24-19(25)14-30-21(24)27/h5-12H,3-4,13-14H2,1-2H3,(H,22,26). The highest BCUT2D eigenvalue weighted by atomic mass is 32.2. The zero-order valence-corrected chi connectivity index (χ0v) is 18.8. The lowest BCUT2D eigenvalue weighted by atomic mass is 10.1. The third kappa shape index (κ3) is 5.15. The van der Waals surface area contributed by atoms with Crippen LogP contribution in [0.4, 0.5) is 10.5 Å². The number of carbonyl (C=O) groups excluding carboxylic acids is 3. The molecule has 0 spiro atoms. The van der Waals surface area contributed by atoms with Gasteiger partial charge >= 0.3 is 0 Å². The molecule has 1 fully saturated rings. The number of thioether (sulfide) groups is 1. The zero-order chi connectivity index (χ0) is 22.6. The van der Waals surface area contributed by atoms with E-state index in [-0.39, 0.29) is 34.2 Å². The summed E-state index contributed by atoms with van der Waals surface area (Å²) in [5.74, 6) is -0.415. The van der Waals surface area contributed by atoms with Crippen molar-refractivity contribution in [2.24, 2.45) is 0 Å². The van der Waals surface area contributed by atoms with Crippen molar-refractivity contribution >= 4 is 44.5 Å². The van der Waals surface area contributed by atoms with Crippen LogP contribution in [0.5, 0.6) is 0 Å². The fourth-order valence-corrected chi connectivity index (χ4v) is 5.29. The lowest BCUT2D eigenvalue weighted by molar-refractivity contribution is -0.125. The number of sulfonamides is 1. The average Bonchev–Trinajstić information content (AvgIpc) is 3.08. The van der Waals surface area contributed by atoms with E-state index in [0.29, 0.717) is 24.3 Å². The SMILES string of the molecule is CCN(CC)S(=O)(=O)c1ccc(C(=O)Nc2ccc(CN3C(=O)CSC3=O)cc2)cc1. The molecule has 10 heteroatoms. The molecular formula is C21H23N3O5S2. The smallest absolute Gasteiger partial charge is 0.289 e. The molecule has 0 aliphatic carbocycles. The van der Waals surface area contributed by atoms with Gasteiger partial charge in [-0.2, -0.15) is 4.31 Å². The zero-order valence-electron chi connectivity index (χ0n) is 17.2. The third-order valence-corrected chi connectivity index (χ3v) is 7.78. The fraction of sp³-hybridized carbons (Fsp3) is 0.286. The topological polar surface area (TPSA) is 104 Å². The van der Waals surface area contributed by atoms with Crippen molar-refractivity contribution in [1.82, 2.24) is 9.21 Å². The quantitative estimate of drug-likeness (QED) is 0.648. The van der Waals surface area contributed by atoms with Gasteiger partial charge < -0.3 is 5.32 Å². The Labute approximate surface area is 185 Å². The van der Waals surface area contributed by atoms with Gasteiger partial charge in [-0.05, 0) is 42.0 Å². The van der Waals surface area contributed by atoms with E-state index < -0.39 is 10.0 Å². The van der Waals surface area contributed by atoms with E-state index in [1.807, 2.05) is 0 Å². The Bertz CT molecular complexity index is 1060. The number of hydrogen-bond donors (Lipinski definition) is 1. The number of hydrogen-bond acceptors (Lipinski definition) is 6. The molecule has 0 bridgehead atoms. The number of carbonyl (C=O) groups is 3. The molecule has 1 saturated heterocycles. The largest absolute Gasteiger partial charge is 0.322 e. The van der Waals surface area contributed by atoms with Gasteiger partial charge in [-0.15, -0.1) is 0 Å². The maximum Gasteiger partial charge on any atom is 0.289 e. The van der Waals surface area contributed by atoms with Crippen molar-refractivity contribution in [1.29, 1.82) is 0 Å². The number of rotatable bonds is 8. The maximum atomic E-state index is 12.5. The first-order chi connectivity index (χ1) is 14.8. The summed E-state index contributed by atoms with van der Waals surface area (Å²) in [4.78, 5) is 37.2. The van der Waals surface area contributed by atoms with Gasteiger partial charge in [0.2, 0.25) is 15.9 Å². The van der Waals surface area contributed by atoms with Crippen LogP contribution in [-0.2, 0) is 21.4 Å². The van der Waals surface area contributed by atoms with Crippen LogP contribution < -0.4 is 5.32 Å². The number of nitrogens with zero attached hydrogens (tertiary/aromatic N) is 2. The summed E-state index contributed by atoms with van der Waals surface area (Å²) in [5.41, 5.74) is 1.64. The lowest BCUT2D eigenvalue weighted by Gasteiger charge is -2.18. The van der Waals surface area contributed by atoms with Gasteiger partial charge in [0.05, 0.1) is 17.2 Å². The van der Waals surface area contributed by atoms with Gasteiger partial charge in [0.1, 0.15) is 0 Å². The number of benzene rings is 2. The highest BCUT2D eigenvalue weighted by Gasteiger charge is 2.29. The van der Waals surface area contributed by atoms with Crippen molar-refractivity contribution in [3.63, 3.8) is 0 Å². The third-order valence-electron chi connectivity index (χ3n) is 4.85. The van der Waals surface area contributed by atoms with Gasteiger partial charge in [0.25, 0.3) is 11.1 Å². The summed E-state index contributed by atoms with van der Waals surface area (Å²) in [6.45, 7) is 4.48. The van der Waals surface area contributed by atoms with Crippen LogP contribution in [0.3, 0.4) is 0 Å². The van der Waals surface area contributed by atoms with Crippen molar-refractivity contribution in [3.05, 3.63) is 59.7 Å². The Morgan fingerprint density at radius 1 is 1.03 bits per heavy atom. The highest BCUT2D eigenvalue weighted by Crippen LogP contribution is 2.22. The van der Waals surface area contributed by atoms with Gasteiger partial charge in [-0.3, -0.25) is 19.3 Å². The second-order valence-electron chi connectivity index (χ2n) is 6.80. The minimum atomic E-state index is -3.58. The van der Waals surface area contributed by atoms with Crippen molar-refractivity contribution in [2.45, 2.75) is 25.3 Å². The second-order valence-corrected chi connectivity index (χ2v) is 9.66. The lowest BCUT2D eigenvalue weighted by Crippen LogP contribution is -2.30. The van der Waals surface area contributed by atoms with E-state index >= 15 is 0 Å². The fourth-order valence-electron chi connectivity index (χ4n) is 3.10. The normalized spacial score (nSPS) is 14.4. The number of anilines is 1. The van der Waals surface area contributed by atoms with E-state index in [0.717, 1.165) is 17.3 Å². The molecule has 2 aromatic carbocycles. The summed E-state index contributed by atoms with van der Waals surface area (Å²) in [7, 11) is -3.58. The molecule has 1 heterocycles. The molecule has 0 unspecified atom stereocenters. The maximum absolute atomic E-state index is 12.5. The first-order valence-electron chi connectivity index (χ1n) is 9.74. The van der Waals surface area contributed by atoms with Crippen LogP contribution in [0.1, 0.15) is 29.8 Å². The van der Waals surface area contributed by atoms with Gasteiger partial charge in [0.15, 0.2) is 0 Å². The first kappa shape index (κ1) is 23.0. The minimum Gasteiger partial charge on any atom is -0.322 e. The Kier molecular flexibility index (Phi) is 7.14. The van der Waals surface area contributed by atoms with Crippen molar-refractivity contribution in [2.75, 3.05) is 24.2 Å². The van der Waals surface area contributed by atoms with E-state index in [9.17, 15) is 22.8 Å². The minimum absolute atomic E-state index is 0.140. The molecule has 0 radical (unpaired) electrons. The summed E-state index contributed by atoms with van der Waals surface area (Å²) in [6, 6.07) is 12.6. The Balaban J connectivity index is 1.65. The molecule has 31 heavy (non-hydrogen) atoms. The monoisotopic (exact) mass is 461 g/mol. The Morgan fingerprint density at radius 2 is 1.65 bits per heavy atom. The average molecular weight is 462 g/mol.